The van der Waals surface area contributed by atoms with Crippen LogP contribution in [0.1, 0.15) is 25.8 Å². The normalized spacial score (nSPS) is 13.7. The number of halogens is 2. The van der Waals surface area contributed by atoms with Crippen LogP contribution in [0.4, 0.5) is 0 Å². The first-order valence-corrected chi connectivity index (χ1v) is 8.71. The molecule has 0 bridgehead atoms. The van der Waals surface area contributed by atoms with Crippen molar-refractivity contribution in [1.29, 1.82) is 0 Å². The van der Waals surface area contributed by atoms with Gasteiger partial charge in [-0.3, -0.25) is 0 Å². The fraction of sp³-hybridized carbons (Fsp3) is 0.538. The number of sulfonamides is 1. The van der Waals surface area contributed by atoms with Crippen LogP contribution in [0.25, 0.3) is 0 Å². The molecule has 1 rings (SSSR count). The van der Waals surface area contributed by atoms with Gasteiger partial charge in [-0.15, -0.1) is 0 Å². The lowest BCUT2D eigenvalue weighted by atomic mass is 10.1. The van der Waals surface area contributed by atoms with Gasteiger partial charge in [0.05, 0.1) is 11.9 Å². The topological polar surface area (TPSA) is 66.4 Å². The maximum Gasteiger partial charge on any atom is 0.215 e. The summed E-state index contributed by atoms with van der Waals surface area (Å²) in [5.74, 6) is -0.106. The Morgan fingerprint density at radius 3 is 2.50 bits per heavy atom. The van der Waals surface area contributed by atoms with Crippen molar-refractivity contribution in [2.24, 2.45) is 5.92 Å². The number of rotatable bonds is 7. The first-order chi connectivity index (χ1) is 9.21. The van der Waals surface area contributed by atoms with Crippen molar-refractivity contribution < 1.29 is 13.5 Å². The SMILES string of the molecule is CC(C)C(O)CCNS(=O)(=O)Cc1ccc(Cl)cc1Cl. The van der Waals surface area contributed by atoms with E-state index in [2.05, 4.69) is 4.72 Å². The quantitative estimate of drug-likeness (QED) is 0.802. The first-order valence-electron chi connectivity index (χ1n) is 6.30. The molecule has 114 valence electrons. The Hall–Kier alpha value is -0.330. The minimum Gasteiger partial charge on any atom is -0.393 e. The van der Waals surface area contributed by atoms with Crippen LogP contribution in [0.3, 0.4) is 0 Å². The van der Waals surface area contributed by atoms with Gasteiger partial charge in [-0.25, -0.2) is 13.1 Å². The van der Waals surface area contributed by atoms with E-state index in [-0.39, 0.29) is 18.2 Å². The molecule has 0 aliphatic carbocycles. The van der Waals surface area contributed by atoms with Gasteiger partial charge in [0.1, 0.15) is 0 Å². The van der Waals surface area contributed by atoms with Crippen molar-refractivity contribution in [3.05, 3.63) is 33.8 Å². The van der Waals surface area contributed by atoms with Gasteiger partial charge in [0.2, 0.25) is 10.0 Å². The molecule has 0 radical (unpaired) electrons. The van der Waals surface area contributed by atoms with Crippen molar-refractivity contribution in [3.8, 4) is 0 Å². The summed E-state index contributed by atoms with van der Waals surface area (Å²) < 4.78 is 26.3. The van der Waals surface area contributed by atoms with E-state index in [0.29, 0.717) is 22.0 Å². The minimum atomic E-state index is -3.48. The maximum absolute atomic E-state index is 11.9. The fourth-order valence-electron chi connectivity index (χ4n) is 1.59. The average Bonchev–Trinajstić information content (AvgIpc) is 2.32. The minimum absolute atomic E-state index is 0.102. The van der Waals surface area contributed by atoms with Crippen LogP contribution in [0.15, 0.2) is 18.2 Å². The Labute approximate surface area is 130 Å². The maximum atomic E-state index is 11.9. The van der Waals surface area contributed by atoms with E-state index in [0.717, 1.165) is 0 Å². The monoisotopic (exact) mass is 339 g/mol. The zero-order valence-electron chi connectivity index (χ0n) is 11.4. The van der Waals surface area contributed by atoms with Gasteiger partial charge < -0.3 is 5.11 Å². The second kappa shape index (κ2) is 7.61. The molecule has 1 aromatic carbocycles. The van der Waals surface area contributed by atoms with Gasteiger partial charge in [0.15, 0.2) is 0 Å². The highest BCUT2D eigenvalue weighted by Gasteiger charge is 2.15. The molecule has 0 saturated heterocycles. The molecule has 0 aliphatic heterocycles. The summed E-state index contributed by atoms with van der Waals surface area (Å²) in [5.41, 5.74) is 0.493. The van der Waals surface area contributed by atoms with E-state index in [1.165, 1.54) is 6.07 Å². The lowest BCUT2D eigenvalue weighted by molar-refractivity contribution is 0.118. The zero-order valence-corrected chi connectivity index (χ0v) is 13.8. The van der Waals surface area contributed by atoms with Crippen molar-refractivity contribution >= 4 is 33.2 Å². The molecular weight excluding hydrogens is 321 g/mol. The Balaban J connectivity index is 2.57. The van der Waals surface area contributed by atoms with Crippen LogP contribution in [0.2, 0.25) is 10.0 Å². The molecule has 1 unspecified atom stereocenters. The van der Waals surface area contributed by atoms with Crippen molar-refractivity contribution in [2.45, 2.75) is 32.1 Å². The van der Waals surface area contributed by atoms with Crippen molar-refractivity contribution in [3.63, 3.8) is 0 Å². The molecule has 20 heavy (non-hydrogen) atoms. The summed E-state index contributed by atoms with van der Waals surface area (Å²) in [6.45, 7) is 3.96. The van der Waals surface area contributed by atoms with Crippen LogP contribution in [0.5, 0.6) is 0 Å². The number of hydrogen-bond acceptors (Lipinski definition) is 3. The number of nitrogens with one attached hydrogen (secondary N) is 1. The number of hydrogen-bond donors (Lipinski definition) is 2. The third-order valence-corrected chi connectivity index (χ3v) is 4.81. The van der Waals surface area contributed by atoms with E-state index in [1.54, 1.807) is 12.1 Å². The average molecular weight is 340 g/mol. The summed E-state index contributed by atoms with van der Waals surface area (Å²) in [4.78, 5) is 0. The number of aliphatic hydroxyl groups is 1. The number of benzene rings is 1. The van der Waals surface area contributed by atoms with E-state index >= 15 is 0 Å². The molecule has 4 nitrogen and oxygen atoms in total. The van der Waals surface area contributed by atoms with Crippen LogP contribution in [-0.4, -0.2) is 26.2 Å². The molecule has 0 aliphatic rings. The van der Waals surface area contributed by atoms with Crippen LogP contribution >= 0.6 is 23.2 Å². The van der Waals surface area contributed by atoms with Gasteiger partial charge >= 0.3 is 0 Å². The van der Waals surface area contributed by atoms with Crippen molar-refractivity contribution in [1.82, 2.24) is 4.72 Å². The lowest BCUT2D eigenvalue weighted by Gasteiger charge is -2.14. The Morgan fingerprint density at radius 2 is 1.95 bits per heavy atom. The molecule has 0 amide bonds. The van der Waals surface area contributed by atoms with E-state index < -0.39 is 16.1 Å². The molecule has 1 atom stereocenters. The third kappa shape index (κ3) is 5.97. The zero-order chi connectivity index (χ0) is 15.3. The first kappa shape index (κ1) is 17.7. The van der Waals surface area contributed by atoms with E-state index in [1.807, 2.05) is 13.8 Å². The fourth-order valence-corrected chi connectivity index (χ4v) is 3.34. The molecule has 0 spiro atoms. The van der Waals surface area contributed by atoms with Gasteiger partial charge in [-0.05, 0) is 30.0 Å². The van der Waals surface area contributed by atoms with Crippen LogP contribution in [-0.2, 0) is 15.8 Å². The summed E-state index contributed by atoms with van der Waals surface area (Å²) >= 11 is 11.7. The van der Waals surface area contributed by atoms with Crippen LogP contribution < -0.4 is 4.72 Å². The van der Waals surface area contributed by atoms with Gasteiger partial charge in [0.25, 0.3) is 0 Å². The Morgan fingerprint density at radius 1 is 1.30 bits per heavy atom. The molecule has 7 heteroatoms. The van der Waals surface area contributed by atoms with Gasteiger partial charge in [0, 0.05) is 16.6 Å². The van der Waals surface area contributed by atoms with Gasteiger partial charge in [-0.1, -0.05) is 43.1 Å². The third-order valence-electron chi connectivity index (χ3n) is 2.89. The smallest absolute Gasteiger partial charge is 0.215 e. The summed E-state index contributed by atoms with van der Waals surface area (Å²) in [6, 6.07) is 4.70. The van der Waals surface area contributed by atoms with E-state index in [4.69, 9.17) is 23.2 Å². The molecule has 1 aromatic rings. The molecule has 2 N–H and O–H groups in total. The Kier molecular flexibility index (Phi) is 6.75. The largest absolute Gasteiger partial charge is 0.393 e. The highest BCUT2D eigenvalue weighted by Crippen LogP contribution is 2.22. The highest BCUT2D eigenvalue weighted by atomic mass is 35.5. The van der Waals surface area contributed by atoms with Crippen LogP contribution in [0, 0.1) is 5.92 Å². The molecular formula is C13H19Cl2NO3S. The number of aliphatic hydroxyl groups excluding tert-OH is 1. The molecule has 0 saturated carbocycles. The summed E-state index contributed by atoms with van der Waals surface area (Å²) in [6.07, 6.45) is -0.137. The molecule has 0 aromatic heterocycles. The second-order valence-electron chi connectivity index (χ2n) is 4.99. The molecule has 0 heterocycles. The standard InChI is InChI=1S/C13H19Cl2NO3S/c1-9(2)13(17)5-6-16-20(18,19)8-10-3-4-11(14)7-12(10)15/h3-4,7,9,13,16-17H,5-6,8H2,1-2H3. The highest BCUT2D eigenvalue weighted by molar-refractivity contribution is 7.88. The second-order valence-corrected chi connectivity index (χ2v) is 7.64. The summed E-state index contributed by atoms with van der Waals surface area (Å²) in [7, 11) is -3.48. The predicted octanol–water partition coefficient (Wildman–Crippen LogP) is 2.82. The lowest BCUT2D eigenvalue weighted by Crippen LogP contribution is -2.29. The molecule has 0 fully saturated rings. The van der Waals surface area contributed by atoms with Gasteiger partial charge in [-0.2, -0.15) is 0 Å². The summed E-state index contributed by atoms with van der Waals surface area (Å²) in [5, 5.41) is 10.4. The Bertz CT molecular complexity index is 547. The predicted molar refractivity (Wildman–Crippen MR) is 82.6 cm³/mol. The van der Waals surface area contributed by atoms with E-state index in [9.17, 15) is 13.5 Å². The van der Waals surface area contributed by atoms with Crippen molar-refractivity contribution in [2.75, 3.05) is 6.54 Å².